The van der Waals surface area contributed by atoms with Crippen molar-refractivity contribution < 1.29 is 4.42 Å². The Hall–Kier alpha value is -0.790. The van der Waals surface area contributed by atoms with Crippen molar-refractivity contribution in [3.63, 3.8) is 0 Å². The molecule has 0 N–H and O–H groups in total. The molecular weight excluding hydrogens is 138 g/mol. The molecule has 1 aliphatic rings. The summed E-state index contributed by atoms with van der Waals surface area (Å²) in [7, 11) is 0. The van der Waals surface area contributed by atoms with E-state index in [1.54, 1.807) is 6.39 Å². The highest BCUT2D eigenvalue weighted by Crippen LogP contribution is 2.18. The summed E-state index contributed by atoms with van der Waals surface area (Å²) < 4.78 is 5.14. The molecule has 1 aliphatic carbocycles. The highest BCUT2D eigenvalue weighted by molar-refractivity contribution is 5.09. The number of rotatable bonds is 0. The van der Waals surface area contributed by atoms with Crippen molar-refractivity contribution >= 4 is 0 Å². The molecule has 2 nitrogen and oxygen atoms in total. The molecule has 0 amide bonds. The van der Waals surface area contributed by atoms with Gasteiger partial charge in [-0.15, -0.1) is 0 Å². The Morgan fingerprint density at radius 2 is 2.00 bits per heavy atom. The van der Waals surface area contributed by atoms with Gasteiger partial charge in [-0.2, -0.15) is 0 Å². The van der Waals surface area contributed by atoms with E-state index >= 15 is 0 Å². The van der Waals surface area contributed by atoms with E-state index in [0.717, 1.165) is 18.6 Å². The van der Waals surface area contributed by atoms with Crippen LogP contribution in [0.3, 0.4) is 0 Å². The fourth-order valence-corrected chi connectivity index (χ4v) is 1.28. The zero-order valence-electron chi connectivity index (χ0n) is 7.26. The van der Waals surface area contributed by atoms with Gasteiger partial charge in [0.2, 0.25) is 0 Å². The van der Waals surface area contributed by atoms with Gasteiger partial charge in [-0.3, -0.25) is 0 Å². The summed E-state index contributed by atoms with van der Waals surface area (Å²) in [6.45, 7) is 4.00. The van der Waals surface area contributed by atoms with Gasteiger partial charge in [0.25, 0.3) is 0 Å². The standard InChI is InChI=1S/C7H9NO.C2H6/c1-2-4-7-6(3-1)8-5-9-7;1-2/h5H,1-4H2;1-2H3. The van der Waals surface area contributed by atoms with E-state index in [2.05, 4.69) is 4.98 Å². The Morgan fingerprint density at radius 3 is 2.73 bits per heavy atom. The summed E-state index contributed by atoms with van der Waals surface area (Å²) >= 11 is 0. The summed E-state index contributed by atoms with van der Waals surface area (Å²) in [5, 5.41) is 0. The molecular formula is C9H15NO. The summed E-state index contributed by atoms with van der Waals surface area (Å²) in [5.74, 6) is 1.11. The number of aryl methyl sites for hydroxylation is 2. The lowest BCUT2D eigenvalue weighted by Crippen LogP contribution is -1.99. The second-order valence-corrected chi connectivity index (χ2v) is 2.43. The van der Waals surface area contributed by atoms with Gasteiger partial charge in [-0.25, -0.2) is 4.98 Å². The van der Waals surface area contributed by atoms with Crippen molar-refractivity contribution in [1.82, 2.24) is 4.98 Å². The molecule has 1 aromatic rings. The van der Waals surface area contributed by atoms with E-state index < -0.39 is 0 Å². The molecule has 0 bridgehead atoms. The second-order valence-electron chi connectivity index (χ2n) is 2.43. The minimum atomic E-state index is 1.09. The highest BCUT2D eigenvalue weighted by Gasteiger charge is 2.11. The van der Waals surface area contributed by atoms with Gasteiger partial charge in [0.15, 0.2) is 6.39 Å². The van der Waals surface area contributed by atoms with Crippen LogP contribution in [-0.2, 0) is 12.8 Å². The summed E-state index contributed by atoms with van der Waals surface area (Å²) in [4.78, 5) is 4.09. The molecule has 0 unspecified atom stereocenters. The smallest absolute Gasteiger partial charge is 0.181 e. The molecule has 0 atom stereocenters. The maximum Gasteiger partial charge on any atom is 0.181 e. The predicted molar refractivity (Wildman–Crippen MR) is 44.5 cm³/mol. The third kappa shape index (κ3) is 1.82. The Labute approximate surface area is 67.6 Å². The Kier molecular flexibility index (Phi) is 3.14. The molecule has 2 rings (SSSR count). The quantitative estimate of drug-likeness (QED) is 0.572. The van der Waals surface area contributed by atoms with E-state index in [9.17, 15) is 0 Å². The molecule has 2 heteroatoms. The number of fused-ring (bicyclic) bond motifs is 1. The number of oxazole rings is 1. The van der Waals surface area contributed by atoms with Crippen LogP contribution >= 0.6 is 0 Å². The van der Waals surface area contributed by atoms with Crippen LogP contribution in [0.15, 0.2) is 10.8 Å². The van der Waals surface area contributed by atoms with Gasteiger partial charge >= 0.3 is 0 Å². The summed E-state index contributed by atoms with van der Waals surface area (Å²) in [6, 6.07) is 0. The maximum atomic E-state index is 5.14. The first-order chi connectivity index (χ1) is 5.47. The van der Waals surface area contributed by atoms with Crippen molar-refractivity contribution in [2.75, 3.05) is 0 Å². The van der Waals surface area contributed by atoms with Crippen molar-refractivity contribution in [3.05, 3.63) is 17.8 Å². The molecule has 0 aliphatic heterocycles. The second kappa shape index (κ2) is 4.16. The van der Waals surface area contributed by atoms with Gasteiger partial charge < -0.3 is 4.42 Å². The fraction of sp³-hybridized carbons (Fsp3) is 0.667. The van der Waals surface area contributed by atoms with Gasteiger partial charge in [0.1, 0.15) is 5.76 Å². The Morgan fingerprint density at radius 1 is 1.27 bits per heavy atom. The summed E-state index contributed by atoms with van der Waals surface area (Å²) in [6.07, 6.45) is 6.30. The van der Waals surface area contributed by atoms with Gasteiger partial charge in [-0.1, -0.05) is 13.8 Å². The molecule has 0 spiro atoms. The molecule has 0 fully saturated rings. The number of hydrogen-bond donors (Lipinski definition) is 0. The Balaban J connectivity index is 0.000000281. The van der Waals surface area contributed by atoms with E-state index in [1.807, 2.05) is 13.8 Å². The average Bonchev–Trinajstić information content (AvgIpc) is 2.55. The van der Waals surface area contributed by atoms with Crippen LogP contribution in [-0.4, -0.2) is 4.98 Å². The summed E-state index contributed by atoms with van der Waals surface area (Å²) in [5.41, 5.74) is 1.18. The first-order valence-electron chi connectivity index (χ1n) is 4.38. The SMILES string of the molecule is CC.c1nc2c(o1)CCCC2. The van der Waals surface area contributed by atoms with Crippen molar-refractivity contribution in [3.8, 4) is 0 Å². The van der Waals surface area contributed by atoms with Gasteiger partial charge in [0.05, 0.1) is 5.69 Å². The third-order valence-corrected chi connectivity index (χ3v) is 1.79. The van der Waals surface area contributed by atoms with Crippen molar-refractivity contribution in [2.45, 2.75) is 39.5 Å². The van der Waals surface area contributed by atoms with Crippen LogP contribution in [0.1, 0.15) is 38.1 Å². The molecule has 0 radical (unpaired) electrons. The third-order valence-electron chi connectivity index (χ3n) is 1.79. The molecule has 1 aromatic heterocycles. The molecule has 62 valence electrons. The van der Waals surface area contributed by atoms with Crippen LogP contribution in [0.25, 0.3) is 0 Å². The molecule has 11 heavy (non-hydrogen) atoms. The van der Waals surface area contributed by atoms with Crippen LogP contribution < -0.4 is 0 Å². The predicted octanol–water partition coefficient (Wildman–Crippen LogP) is 2.58. The molecule has 0 aromatic carbocycles. The molecule has 0 saturated carbocycles. The van der Waals surface area contributed by atoms with Crippen LogP contribution in [0.5, 0.6) is 0 Å². The maximum absolute atomic E-state index is 5.14. The minimum absolute atomic E-state index is 1.09. The average molecular weight is 153 g/mol. The van der Waals surface area contributed by atoms with Crippen LogP contribution in [0.4, 0.5) is 0 Å². The van der Waals surface area contributed by atoms with Crippen LogP contribution in [0.2, 0.25) is 0 Å². The first-order valence-corrected chi connectivity index (χ1v) is 4.38. The number of nitrogens with zero attached hydrogens (tertiary/aromatic N) is 1. The van der Waals surface area contributed by atoms with E-state index in [4.69, 9.17) is 4.42 Å². The zero-order valence-corrected chi connectivity index (χ0v) is 7.26. The lowest BCUT2D eigenvalue weighted by Gasteiger charge is -2.05. The number of hydrogen-bond acceptors (Lipinski definition) is 2. The van der Waals surface area contributed by atoms with E-state index in [1.165, 1.54) is 18.5 Å². The Bertz CT molecular complexity index is 185. The zero-order chi connectivity index (χ0) is 8.10. The van der Waals surface area contributed by atoms with Crippen molar-refractivity contribution in [1.29, 1.82) is 0 Å². The van der Waals surface area contributed by atoms with Gasteiger partial charge in [-0.05, 0) is 19.3 Å². The van der Waals surface area contributed by atoms with Crippen LogP contribution in [0, 0.1) is 0 Å². The fourth-order valence-electron chi connectivity index (χ4n) is 1.28. The van der Waals surface area contributed by atoms with E-state index in [-0.39, 0.29) is 0 Å². The van der Waals surface area contributed by atoms with Crippen molar-refractivity contribution in [2.24, 2.45) is 0 Å². The monoisotopic (exact) mass is 153 g/mol. The highest BCUT2D eigenvalue weighted by atomic mass is 16.3. The normalized spacial score (nSPS) is 14.7. The topological polar surface area (TPSA) is 26.0 Å². The molecule has 1 heterocycles. The van der Waals surface area contributed by atoms with E-state index in [0.29, 0.717) is 0 Å². The minimum Gasteiger partial charge on any atom is -0.448 e. The largest absolute Gasteiger partial charge is 0.448 e. The van der Waals surface area contributed by atoms with Gasteiger partial charge in [0, 0.05) is 6.42 Å². The first kappa shape index (κ1) is 8.31. The number of aromatic nitrogens is 1. The lowest BCUT2D eigenvalue weighted by atomic mass is 10.0. The lowest BCUT2D eigenvalue weighted by molar-refractivity contribution is 0.476. The molecule has 0 saturated heterocycles.